The Hall–Kier alpha value is -1.03. The van der Waals surface area contributed by atoms with E-state index in [1.54, 1.807) is 0 Å². The molecule has 2 unspecified atom stereocenters. The van der Waals surface area contributed by atoms with E-state index in [-0.39, 0.29) is 0 Å². The summed E-state index contributed by atoms with van der Waals surface area (Å²) < 4.78 is 2.17. The average Bonchev–Trinajstić information content (AvgIpc) is 2.61. The minimum absolute atomic E-state index is 0.667. The van der Waals surface area contributed by atoms with Gasteiger partial charge in [-0.1, -0.05) is 26.2 Å². The number of anilines is 1. The third kappa shape index (κ3) is 3.50. The molecule has 0 bridgehead atoms. The molecule has 4 heteroatoms. The van der Waals surface area contributed by atoms with Crippen LogP contribution in [0.3, 0.4) is 0 Å². The molecule has 108 valence electrons. The van der Waals surface area contributed by atoms with Crippen molar-refractivity contribution in [2.75, 3.05) is 19.0 Å². The Morgan fingerprint density at radius 2 is 2.05 bits per heavy atom. The van der Waals surface area contributed by atoms with Crippen LogP contribution < -0.4 is 10.2 Å². The predicted molar refractivity (Wildman–Crippen MR) is 80.4 cm³/mol. The molecule has 2 rings (SSSR count). The van der Waals surface area contributed by atoms with E-state index in [9.17, 15) is 0 Å². The molecule has 0 saturated heterocycles. The molecule has 0 aromatic carbocycles. The maximum atomic E-state index is 4.47. The van der Waals surface area contributed by atoms with Crippen LogP contribution in [-0.4, -0.2) is 29.7 Å². The van der Waals surface area contributed by atoms with E-state index >= 15 is 0 Å². The van der Waals surface area contributed by atoms with Gasteiger partial charge in [-0.25, -0.2) is 4.98 Å². The van der Waals surface area contributed by atoms with Crippen molar-refractivity contribution < 1.29 is 0 Å². The smallest absolute Gasteiger partial charge is 0.204 e. The first kappa shape index (κ1) is 14.4. The summed E-state index contributed by atoms with van der Waals surface area (Å²) in [6.07, 6.45) is 8.85. The summed E-state index contributed by atoms with van der Waals surface area (Å²) in [7, 11) is 6.16. The van der Waals surface area contributed by atoms with Crippen LogP contribution in [-0.2, 0) is 13.6 Å². The van der Waals surface area contributed by atoms with Gasteiger partial charge in [-0.05, 0) is 18.8 Å². The normalized spacial score (nSPS) is 24.2. The second-order valence-electron chi connectivity index (χ2n) is 6.11. The molecule has 1 N–H and O–H groups in total. The van der Waals surface area contributed by atoms with E-state index < -0.39 is 0 Å². The average molecular weight is 264 g/mol. The fourth-order valence-corrected chi connectivity index (χ4v) is 3.05. The Bertz CT molecular complexity index is 397. The summed E-state index contributed by atoms with van der Waals surface area (Å²) in [5.74, 6) is 1.81. The zero-order valence-electron chi connectivity index (χ0n) is 12.8. The molecule has 1 saturated carbocycles. The van der Waals surface area contributed by atoms with Gasteiger partial charge in [0, 0.05) is 33.7 Å². The largest absolute Gasteiger partial charge is 0.348 e. The third-order valence-corrected chi connectivity index (χ3v) is 4.37. The molecular formula is C15H28N4. The van der Waals surface area contributed by atoms with Crippen molar-refractivity contribution in [3.05, 3.63) is 11.9 Å². The van der Waals surface area contributed by atoms with Crippen LogP contribution in [0, 0.1) is 5.92 Å². The lowest BCUT2D eigenvalue weighted by molar-refractivity contribution is 0.353. The SMILES string of the molecule is CC1CCCCCC1NCc1cnc(N(C)C)n1C. The number of nitrogens with one attached hydrogen (secondary N) is 1. The first-order valence-corrected chi connectivity index (χ1v) is 7.51. The molecule has 0 aliphatic heterocycles. The van der Waals surface area contributed by atoms with Gasteiger partial charge in [0.2, 0.25) is 5.95 Å². The van der Waals surface area contributed by atoms with Crippen LogP contribution in [0.2, 0.25) is 0 Å². The molecule has 1 aliphatic carbocycles. The molecule has 0 amide bonds. The molecular weight excluding hydrogens is 236 g/mol. The molecule has 1 aromatic rings. The van der Waals surface area contributed by atoms with Crippen LogP contribution in [0.1, 0.15) is 44.7 Å². The van der Waals surface area contributed by atoms with Gasteiger partial charge in [0.1, 0.15) is 0 Å². The number of hydrogen-bond acceptors (Lipinski definition) is 3. The molecule has 19 heavy (non-hydrogen) atoms. The fourth-order valence-electron chi connectivity index (χ4n) is 3.05. The second-order valence-corrected chi connectivity index (χ2v) is 6.11. The Morgan fingerprint density at radius 1 is 1.32 bits per heavy atom. The summed E-state index contributed by atoms with van der Waals surface area (Å²) in [6, 6.07) is 0.667. The van der Waals surface area contributed by atoms with E-state index in [0.29, 0.717) is 6.04 Å². The number of nitrogens with zero attached hydrogens (tertiary/aromatic N) is 3. The lowest BCUT2D eigenvalue weighted by atomic mass is 9.97. The summed E-state index contributed by atoms with van der Waals surface area (Å²) in [6.45, 7) is 3.31. The van der Waals surface area contributed by atoms with E-state index in [1.807, 2.05) is 20.3 Å². The zero-order valence-corrected chi connectivity index (χ0v) is 12.8. The van der Waals surface area contributed by atoms with Crippen LogP contribution in [0.4, 0.5) is 5.95 Å². The molecule has 1 fully saturated rings. The van der Waals surface area contributed by atoms with Gasteiger partial charge in [0.25, 0.3) is 0 Å². The van der Waals surface area contributed by atoms with Crippen molar-refractivity contribution in [1.29, 1.82) is 0 Å². The van der Waals surface area contributed by atoms with Crippen molar-refractivity contribution in [3.8, 4) is 0 Å². The van der Waals surface area contributed by atoms with Crippen molar-refractivity contribution in [3.63, 3.8) is 0 Å². The molecule has 0 radical (unpaired) electrons. The maximum Gasteiger partial charge on any atom is 0.204 e. The third-order valence-electron chi connectivity index (χ3n) is 4.37. The first-order chi connectivity index (χ1) is 9.09. The summed E-state index contributed by atoms with van der Waals surface area (Å²) in [4.78, 5) is 6.52. The molecule has 4 nitrogen and oxygen atoms in total. The van der Waals surface area contributed by atoms with Crippen LogP contribution >= 0.6 is 0 Å². The number of aromatic nitrogens is 2. The van der Waals surface area contributed by atoms with Crippen molar-refractivity contribution in [2.45, 2.75) is 51.6 Å². The lowest BCUT2D eigenvalue weighted by Gasteiger charge is -2.23. The summed E-state index contributed by atoms with van der Waals surface area (Å²) in [5, 5.41) is 3.74. The summed E-state index contributed by atoms with van der Waals surface area (Å²) in [5.41, 5.74) is 1.26. The highest BCUT2D eigenvalue weighted by Gasteiger charge is 2.19. The zero-order chi connectivity index (χ0) is 13.8. The van der Waals surface area contributed by atoms with Crippen LogP contribution in [0.15, 0.2) is 6.20 Å². The van der Waals surface area contributed by atoms with Crippen molar-refractivity contribution in [1.82, 2.24) is 14.9 Å². The quantitative estimate of drug-likeness (QED) is 0.848. The predicted octanol–water partition coefficient (Wildman–Crippen LogP) is 2.54. The Morgan fingerprint density at radius 3 is 2.74 bits per heavy atom. The van der Waals surface area contributed by atoms with E-state index in [1.165, 1.54) is 37.8 Å². The standard InChI is InChI=1S/C15H28N4/c1-12-8-6-5-7-9-14(12)16-10-13-11-17-15(18(2)3)19(13)4/h11-12,14,16H,5-10H2,1-4H3. The Balaban J connectivity index is 1.94. The fraction of sp³-hybridized carbons (Fsp3) is 0.800. The number of imidazole rings is 1. The van der Waals surface area contributed by atoms with Gasteiger partial charge in [-0.15, -0.1) is 0 Å². The second kappa shape index (κ2) is 6.42. The van der Waals surface area contributed by atoms with E-state index in [4.69, 9.17) is 0 Å². The molecule has 1 heterocycles. The molecule has 0 spiro atoms. The van der Waals surface area contributed by atoms with E-state index in [2.05, 4.69) is 33.7 Å². The highest BCUT2D eigenvalue weighted by Crippen LogP contribution is 2.23. The number of hydrogen-bond donors (Lipinski definition) is 1. The minimum atomic E-state index is 0.667. The van der Waals surface area contributed by atoms with Gasteiger partial charge in [0.15, 0.2) is 0 Å². The molecule has 2 atom stereocenters. The highest BCUT2D eigenvalue weighted by molar-refractivity contribution is 5.30. The van der Waals surface area contributed by atoms with E-state index in [0.717, 1.165) is 18.4 Å². The van der Waals surface area contributed by atoms with Gasteiger partial charge < -0.3 is 14.8 Å². The summed E-state index contributed by atoms with van der Waals surface area (Å²) >= 11 is 0. The Kier molecular flexibility index (Phi) is 4.86. The maximum absolute atomic E-state index is 4.47. The van der Waals surface area contributed by atoms with Crippen LogP contribution in [0.5, 0.6) is 0 Å². The molecule has 1 aromatic heterocycles. The monoisotopic (exact) mass is 264 g/mol. The van der Waals surface area contributed by atoms with Crippen molar-refractivity contribution >= 4 is 5.95 Å². The number of rotatable bonds is 4. The first-order valence-electron chi connectivity index (χ1n) is 7.51. The van der Waals surface area contributed by atoms with Gasteiger partial charge in [0.05, 0.1) is 11.9 Å². The molecule has 1 aliphatic rings. The Labute approximate surface area is 117 Å². The van der Waals surface area contributed by atoms with Crippen LogP contribution in [0.25, 0.3) is 0 Å². The van der Waals surface area contributed by atoms with Gasteiger partial charge in [-0.2, -0.15) is 0 Å². The lowest BCUT2D eigenvalue weighted by Crippen LogP contribution is -2.34. The van der Waals surface area contributed by atoms with Gasteiger partial charge in [-0.3, -0.25) is 0 Å². The van der Waals surface area contributed by atoms with Gasteiger partial charge >= 0.3 is 0 Å². The highest BCUT2D eigenvalue weighted by atomic mass is 15.3. The topological polar surface area (TPSA) is 33.1 Å². The minimum Gasteiger partial charge on any atom is -0.348 e. The van der Waals surface area contributed by atoms with Crippen molar-refractivity contribution in [2.24, 2.45) is 13.0 Å².